The number of nitrogens with one attached hydrogen (secondary N) is 1. The van der Waals surface area contributed by atoms with Gasteiger partial charge in [-0.25, -0.2) is 14.8 Å². The van der Waals surface area contributed by atoms with Gasteiger partial charge in [0.25, 0.3) is 5.88 Å². The van der Waals surface area contributed by atoms with Gasteiger partial charge in [0.05, 0.1) is 7.11 Å². The largest absolute Gasteiger partial charge is 0.491 e. The molecule has 0 unspecified atom stereocenters. The van der Waals surface area contributed by atoms with Crippen LogP contribution in [0.15, 0.2) is 30.6 Å². The zero-order valence-electron chi connectivity index (χ0n) is 17.0. The van der Waals surface area contributed by atoms with Crippen LogP contribution in [-0.4, -0.2) is 42.4 Å². The number of carbonyl (C=O) groups is 1. The summed E-state index contributed by atoms with van der Waals surface area (Å²) >= 11 is 0. The molecule has 1 amide bonds. The van der Waals surface area contributed by atoms with Crippen LogP contribution in [0.2, 0.25) is 0 Å². The van der Waals surface area contributed by atoms with Crippen molar-refractivity contribution < 1.29 is 19.0 Å². The van der Waals surface area contributed by atoms with Crippen molar-refractivity contribution in [3.63, 3.8) is 0 Å². The van der Waals surface area contributed by atoms with Crippen LogP contribution < -0.4 is 25.3 Å². The molecule has 0 spiro atoms. The monoisotopic (exact) mass is 388 g/mol. The number of hydrogen-bond donors (Lipinski definition) is 2. The van der Waals surface area contributed by atoms with E-state index in [9.17, 15) is 4.79 Å². The molecule has 0 bridgehead atoms. The van der Waals surface area contributed by atoms with Gasteiger partial charge in [-0.3, -0.25) is 0 Å². The third kappa shape index (κ3) is 6.09. The fourth-order valence-corrected chi connectivity index (χ4v) is 2.86. The van der Waals surface area contributed by atoms with Crippen LogP contribution in [0.3, 0.4) is 0 Å². The quantitative estimate of drug-likeness (QED) is 0.715. The Kier molecular flexibility index (Phi) is 7.17. The van der Waals surface area contributed by atoms with E-state index in [-0.39, 0.29) is 5.88 Å². The summed E-state index contributed by atoms with van der Waals surface area (Å²) in [4.78, 5) is 19.8. The maximum Gasteiger partial charge on any atom is 0.413 e. The number of rotatable bonds is 8. The molecule has 0 saturated carbocycles. The first-order valence-electron chi connectivity index (χ1n) is 9.06. The fourth-order valence-electron chi connectivity index (χ4n) is 2.86. The Morgan fingerprint density at radius 3 is 2.68 bits per heavy atom. The number of carbonyl (C=O) groups excluding carboxylic acids is 1. The normalized spacial score (nSPS) is 13.0. The molecular formula is C20H28N4O4. The first-order valence-corrected chi connectivity index (χ1v) is 9.06. The molecule has 1 atom stereocenters. The summed E-state index contributed by atoms with van der Waals surface area (Å²) in [7, 11) is 3.03. The van der Waals surface area contributed by atoms with E-state index in [1.807, 2.05) is 6.92 Å². The molecule has 2 heterocycles. The summed E-state index contributed by atoms with van der Waals surface area (Å²) in [5, 5.41) is 2.38. The average molecular weight is 388 g/mol. The van der Waals surface area contributed by atoms with Gasteiger partial charge < -0.3 is 25.3 Å². The van der Waals surface area contributed by atoms with Crippen molar-refractivity contribution in [2.75, 3.05) is 20.8 Å². The van der Waals surface area contributed by atoms with Gasteiger partial charge in [-0.1, -0.05) is 13.8 Å². The maximum atomic E-state index is 11.4. The number of pyridine rings is 2. The average Bonchev–Trinajstić information content (AvgIpc) is 2.65. The fraction of sp³-hybridized carbons (Fsp3) is 0.450. The van der Waals surface area contributed by atoms with E-state index in [1.165, 1.54) is 7.05 Å². The van der Waals surface area contributed by atoms with E-state index in [2.05, 4.69) is 29.1 Å². The van der Waals surface area contributed by atoms with Crippen molar-refractivity contribution >= 4 is 6.09 Å². The van der Waals surface area contributed by atoms with Gasteiger partial charge in [0.2, 0.25) is 5.88 Å². The van der Waals surface area contributed by atoms with Crippen LogP contribution in [-0.2, 0) is 0 Å². The van der Waals surface area contributed by atoms with Crippen molar-refractivity contribution in [1.29, 1.82) is 0 Å². The molecule has 0 saturated heterocycles. The molecule has 8 heteroatoms. The highest BCUT2D eigenvalue weighted by molar-refractivity contribution is 5.71. The van der Waals surface area contributed by atoms with Crippen LogP contribution in [0, 0.1) is 5.92 Å². The molecule has 0 aliphatic heterocycles. The van der Waals surface area contributed by atoms with Crippen molar-refractivity contribution in [1.82, 2.24) is 15.3 Å². The molecule has 152 valence electrons. The van der Waals surface area contributed by atoms with Gasteiger partial charge in [0.15, 0.2) is 5.75 Å². The summed E-state index contributed by atoms with van der Waals surface area (Å²) < 4.78 is 16.3. The van der Waals surface area contributed by atoms with Gasteiger partial charge in [0.1, 0.15) is 6.61 Å². The molecule has 28 heavy (non-hydrogen) atoms. The van der Waals surface area contributed by atoms with Gasteiger partial charge >= 0.3 is 6.09 Å². The Morgan fingerprint density at radius 2 is 2.04 bits per heavy atom. The van der Waals surface area contributed by atoms with Gasteiger partial charge in [-0.15, -0.1) is 0 Å². The van der Waals surface area contributed by atoms with Crippen LogP contribution in [0.1, 0.15) is 27.2 Å². The van der Waals surface area contributed by atoms with Crippen molar-refractivity contribution in [2.24, 2.45) is 11.7 Å². The first-order chi connectivity index (χ1) is 13.2. The summed E-state index contributed by atoms with van der Waals surface area (Å²) in [6.07, 6.45) is 3.46. The topological polar surface area (TPSA) is 109 Å². The Balaban J connectivity index is 2.19. The smallest absolute Gasteiger partial charge is 0.413 e. The zero-order valence-corrected chi connectivity index (χ0v) is 17.0. The molecule has 0 radical (unpaired) electrons. The van der Waals surface area contributed by atoms with Crippen LogP contribution in [0.4, 0.5) is 4.79 Å². The van der Waals surface area contributed by atoms with Crippen molar-refractivity contribution in [3.05, 3.63) is 30.6 Å². The molecule has 8 nitrogen and oxygen atoms in total. The lowest BCUT2D eigenvalue weighted by Crippen LogP contribution is -2.43. The van der Waals surface area contributed by atoms with E-state index in [0.717, 1.165) is 17.5 Å². The van der Waals surface area contributed by atoms with Crippen LogP contribution in [0.5, 0.6) is 17.5 Å². The van der Waals surface area contributed by atoms with Crippen molar-refractivity contribution in [3.8, 4) is 28.6 Å². The predicted molar refractivity (Wildman–Crippen MR) is 107 cm³/mol. The van der Waals surface area contributed by atoms with Gasteiger partial charge in [0, 0.05) is 36.6 Å². The second-order valence-corrected chi connectivity index (χ2v) is 7.29. The Morgan fingerprint density at radius 1 is 1.29 bits per heavy atom. The summed E-state index contributed by atoms with van der Waals surface area (Å²) in [6.45, 7) is 6.52. The molecule has 0 aromatic carbocycles. The highest BCUT2D eigenvalue weighted by atomic mass is 16.6. The third-order valence-electron chi connectivity index (χ3n) is 3.92. The molecule has 2 rings (SSSR count). The van der Waals surface area contributed by atoms with Crippen molar-refractivity contribution in [2.45, 2.75) is 32.7 Å². The molecular weight excluding hydrogens is 360 g/mol. The van der Waals surface area contributed by atoms with Gasteiger partial charge in [-0.2, -0.15) is 0 Å². The lowest BCUT2D eigenvalue weighted by molar-refractivity contribution is 0.194. The zero-order chi connectivity index (χ0) is 20.7. The summed E-state index contributed by atoms with van der Waals surface area (Å²) in [6, 6.07) is 5.23. The summed E-state index contributed by atoms with van der Waals surface area (Å²) in [5.74, 6) is 1.52. The molecule has 0 fully saturated rings. The second kappa shape index (κ2) is 9.36. The lowest BCUT2D eigenvalue weighted by Gasteiger charge is -2.26. The number of aromatic nitrogens is 2. The highest BCUT2D eigenvalue weighted by Gasteiger charge is 2.22. The number of nitrogens with zero attached hydrogens (tertiary/aromatic N) is 2. The minimum Gasteiger partial charge on any atom is -0.491 e. The molecule has 0 aliphatic carbocycles. The first kappa shape index (κ1) is 21.4. The molecule has 2 aromatic rings. The van der Waals surface area contributed by atoms with E-state index in [4.69, 9.17) is 19.9 Å². The maximum absolute atomic E-state index is 11.4. The van der Waals surface area contributed by atoms with E-state index in [1.54, 1.807) is 37.7 Å². The van der Waals surface area contributed by atoms with E-state index < -0.39 is 11.6 Å². The Labute approximate surface area is 165 Å². The number of nitrogens with two attached hydrogens (primary N) is 1. The third-order valence-corrected chi connectivity index (χ3v) is 3.92. The lowest BCUT2D eigenvalue weighted by atomic mass is 9.93. The number of methoxy groups -OCH3 is 1. The Bertz CT molecular complexity index is 809. The summed E-state index contributed by atoms with van der Waals surface area (Å²) in [5.41, 5.74) is 7.38. The minimum atomic E-state index is -0.588. The number of ether oxygens (including phenoxy) is 3. The van der Waals surface area contributed by atoms with E-state index >= 15 is 0 Å². The van der Waals surface area contributed by atoms with E-state index in [0.29, 0.717) is 24.2 Å². The minimum absolute atomic E-state index is 0.184. The predicted octanol–water partition coefficient (Wildman–Crippen LogP) is 3.01. The number of hydrogen-bond acceptors (Lipinski definition) is 7. The van der Waals surface area contributed by atoms with Crippen LogP contribution in [0.25, 0.3) is 11.1 Å². The van der Waals surface area contributed by atoms with Crippen LogP contribution >= 0.6 is 0 Å². The molecule has 0 aliphatic rings. The molecule has 3 N–H and O–H groups in total. The Hall–Kier alpha value is -2.87. The number of amides is 1. The SMILES string of the molecule is CNC(=O)Oc1cc(-c2cnc(OC[C@@](C)(N)CC(C)C)c(OC)c2)ccn1. The van der Waals surface area contributed by atoms with Gasteiger partial charge in [-0.05, 0) is 37.0 Å². The standard InChI is InChI=1S/C20H28N4O4/c1-13(2)10-20(3,21)12-27-18-16(26-5)8-15(11-24-18)14-6-7-23-17(9-14)28-19(25)22-4/h6-9,11,13H,10,12,21H2,1-5H3,(H,22,25)/t20-/m0/s1. The molecule has 2 aromatic heterocycles. The highest BCUT2D eigenvalue weighted by Crippen LogP contribution is 2.31. The second-order valence-electron chi connectivity index (χ2n) is 7.29.